The Bertz CT molecular complexity index is 647. The molecule has 4 nitrogen and oxygen atoms in total. The Hall–Kier alpha value is -2.14. The van der Waals surface area contributed by atoms with Crippen molar-refractivity contribution in [1.29, 1.82) is 0 Å². The molecule has 0 saturated carbocycles. The summed E-state index contributed by atoms with van der Waals surface area (Å²) in [7, 11) is 0. The third kappa shape index (κ3) is 3.20. The molecular weight excluding hydrogens is 271 g/mol. The van der Waals surface area contributed by atoms with Crippen LogP contribution in [0.2, 0.25) is 5.02 Å². The number of rotatable bonds is 3. The number of benzene rings is 1. The predicted octanol–water partition coefficient (Wildman–Crippen LogP) is 3.62. The summed E-state index contributed by atoms with van der Waals surface area (Å²) in [6.07, 6.45) is 0. The molecule has 1 aromatic heterocycles. The number of anilines is 2. The van der Waals surface area contributed by atoms with E-state index in [0.717, 1.165) is 0 Å². The van der Waals surface area contributed by atoms with Crippen molar-refractivity contribution in [1.82, 2.24) is 4.98 Å². The molecule has 0 spiro atoms. The molecule has 0 fully saturated rings. The summed E-state index contributed by atoms with van der Waals surface area (Å²) in [5.74, 6) is -1.32. The van der Waals surface area contributed by atoms with Crippen molar-refractivity contribution in [2.75, 3.05) is 5.32 Å². The first-order valence-electron chi connectivity index (χ1n) is 5.40. The maximum absolute atomic E-state index is 13.5. The van der Waals surface area contributed by atoms with E-state index in [2.05, 4.69) is 10.3 Å². The fraction of sp³-hybridized carbons (Fsp3) is 0.0769. The number of hydrogen-bond donors (Lipinski definition) is 2. The smallest absolute Gasteiger partial charge is 0.335 e. The highest BCUT2D eigenvalue weighted by atomic mass is 35.5. The normalized spacial score (nSPS) is 10.3. The molecule has 0 bridgehead atoms. The standard InChI is InChI=1S/C13H10ClFN2O2/c1-7-4-8(13(18)19)5-12(16-7)17-11-6-9(14)2-3-10(11)15/h2-6H,1H3,(H,16,17)(H,18,19). The van der Waals surface area contributed by atoms with E-state index >= 15 is 0 Å². The van der Waals surface area contributed by atoms with Crippen LogP contribution >= 0.6 is 11.6 Å². The molecule has 2 rings (SSSR count). The Morgan fingerprint density at radius 3 is 2.79 bits per heavy atom. The van der Waals surface area contributed by atoms with Gasteiger partial charge >= 0.3 is 5.97 Å². The zero-order valence-corrected chi connectivity index (χ0v) is 10.7. The Kier molecular flexibility index (Phi) is 3.66. The van der Waals surface area contributed by atoms with Crippen molar-refractivity contribution in [3.05, 3.63) is 52.4 Å². The van der Waals surface area contributed by atoms with Gasteiger partial charge in [-0.25, -0.2) is 14.2 Å². The van der Waals surface area contributed by atoms with E-state index in [-0.39, 0.29) is 17.1 Å². The second kappa shape index (κ2) is 5.24. The summed E-state index contributed by atoms with van der Waals surface area (Å²) in [5, 5.41) is 12.0. The van der Waals surface area contributed by atoms with E-state index in [1.807, 2.05) is 0 Å². The van der Waals surface area contributed by atoms with Gasteiger partial charge in [-0.2, -0.15) is 0 Å². The van der Waals surface area contributed by atoms with Crippen molar-refractivity contribution in [2.45, 2.75) is 6.92 Å². The van der Waals surface area contributed by atoms with Gasteiger partial charge in [-0.15, -0.1) is 0 Å². The number of pyridine rings is 1. The summed E-state index contributed by atoms with van der Waals surface area (Å²) in [4.78, 5) is 15.0. The topological polar surface area (TPSA) is 62.2 Å². The van der Waals surface area contributed by atoms with Crippen LogP contribution in [0.4, 0.5) is 15.9 Å². The number of halogens is 2. The average molecular weight is 281 g/mol. The lowest BCUT2D eigenvalue weighted by Gasteiger charge is -2.09. The second-order valence-corrected chi connectivity index (χ2v) is 4.37. The molecule has 6 heteroatoms. The van der Waals surface area contributed by atoms with E-state index in [0.29, 0.717) is 10.7 Å². The van der Waals surface area contributed by atoms with E-state index in [1.54, 1.807) is 6.92 Å². The zero-order valence-electron chi connectivity index (χ0n) is 9.95. The number of aryl methyl sites for hydroxylation is 1. The van der Waals surface area contributed by atoms with Crippen LogP contribution in [-0.4, -0.2) is 16.1 Å². The van der Waals surface area contributed by atoms with Gasteiger partial charge in [0.05, 0.1) is 11.3 Å². The molecule has 19 heavy (non-hydrogen) atoms. The quantitative estimate of drug-likeness (QED) is 0.901. The van der Waals surface area contributed by atoms with Crippen molar-refractivity contribution in [2.24, 2.45) is 0 Å². The van der Waals surface area contributed by atoms with Crippen LogP contribution < -0.4 is 5.32 Å². The fourth-order valence-electron chi connectivity index (χ4n) is 1.59. The SMILES string of the molecule is Cc1cc(C(=O)O)cc(Nc2cc(Cl)ccc2F)n1. The predicted molar refractivity (Wildman–Crippen MR) is 70.6 cm³/mol. The molecule has 2 N–H and O–H groups in total. The van der Waals surface area contributed by atoms with Gasteiger partial charge < -0.3 is 10.4 Å². The van der Waals surface area contributed by atoms with E-state index in [4.69, 9.17) is 16.7 Å². The maximum Gasteiger partial charge on any atom is 0.335 e. The molecule has 0 unspecified atom stereocenters. The number of carboxylic acid groups (broad SMARTS) is 1. The van der Waals surface area contributed by atoms with Crippen molar-refractivity contribution >= 4 is 29.1 Å². The lowest BCUT2D eigenvalue weighted by molar-refractivity contribution is 0.0696. The first kappa shape index (κ1) is 13.3. The van der Waals surface area contributed by atoms with Crippen LogP contribution in [0, 0.1) is 12.7 Å². The molecule has 98 valence electrons. The van der Waals surface area contributed by atoms with Gasteiger partial charge in [0.25, 0.3) is 0 Å². The molecule has 1 aromatic carbocycles. The molecule has 2 aromatic rings. The first-order valence-corrected chi connectivity index (χ1v) is 5.77. The molecule has 0 atom stereocenters. The van der Waals surface area contributed by atoms with Crippen LogP contribution in [0.15, 0.2) is 30.3 Å². The number of carbonyl (C=O) groups is 1. The minimum absolute atomic E-state index is 0.0810. The maximum atomic E-state index is 13.5. The van der Waals surface area contributed by atoms with Gasteiger partial charge in [-0.3, -0.25) is 0 Å². The van der Waals surface area contributed by atoms with Gasteiger partial charge in [0.2, 0.25) is 0 Å². The highest BCUT2D eigenvalue weighted by molar-refractivity contribution is 6.30. The van der Waals surface area contributed by atoms with Gasteiger partial charge in [0.1, 0.15) is 11.6 Å². The summed E-state index contributed by atoms with van der Waals surface area (Å²) >= 11 is 5.77. The Morgan fingerprint density at radius 1 is 1.37 bits per heavy atom. The Balaban J connectivity index is 2.38. The summed E-state index contributed by atoms with van der Waals surface area (Å²) in [5.41, 5.74) is 0.740. The van der Waals surface area contributed by atoms with Crippen molar-refractivity contribution < 1.29 is 14.3 Å². The van der Waals surface area contributed by atoms with E-state index in [1.165, 1.54) is 30.3 Å². The molecular formula is C13H10ClFN2O2. The van der Waals surface area contributed by atoms with Crippen molar-refractivity contribution in [3.63, 3.8) is 0 Å². The van der Waals surface area contributed by atoms with Gasteiger partial charge in [0.15, 0.2) is 0 Å². The van der Waals surface area contributed by atoms with Crippen LogP contribution in [0.3, 0.4) is 0 Å². The molecule has 1 heterocycles. The largest absolute Gasteiger partial charge is 0.478 e. The van der Waals surface area contributed by atoms with Crippen LogP contribution in [0.5, 0.6) is 0 Å². The number of aromatic nitrogens is 1. The third-order valence-electron chi connectivity index (χ3n) is 2.39. The number of carboxylic acids is 1. The Labute approximate surface area is 113 Å². The van der Waals surface area contributed by atoms with Crippen LogP contribution in [0.25, 0.3) is 0 Å². The number of nitrogens with zero attached hydrogens (tertiary/aromatic N) is 1. The lowest BCUT2D eigenvalue weighted by Crippen LogP contribution is -2.02. The molecule has 0 amide bonds. The molecule has 0 radical (unpaired) electrons. The molecule has 0 aliphatic carbocycles. The number of hydrogen-bond acceptors (Lipinski definition) is 3. The summed E-state index contributed by atoms with van der Waals surface area (Å²) < 4.78 is 13.5. The third-order valence-corrected chi connectivity index (χ3v) is 2.63. The average Bonchev–Trinajstić information content (AvgIpc) is 2.33. The second-order valence-electron chi connectivity index (χ2n) is 3.94. The van der Waals surface area contributed by atoms with Crippen LogP contribution in [0.1, 0.15) is 16.1 Å². The molecule has 0 aliphatic rings. The zero-order chi connectivity index (χ0) is 14.0. The van der Waals surface area contributed by atoms with Gasteiger partial charge in [-0.1, -0.05) is 11.6 Å². The highest BCUT2D eigenvalue weighted by Crippen LogP contribution is 2.23. The number of nitrogens with one attached hydrogen (secondary N) is 1. The van der Waals surface area contributed by atoms with E-state index in [9.17, 15) is 9.18 Å². The number of aromatic carboxylic acids is 1. The highest BCUT2D eigenvalue weighted by Gasteiger charge is 2.09. The minimum atomic E-state index is -1.07. The monoisotopic (exact) mass is 280 g/mol. The summed E-state index contributed by atoms with van der Waals surface area (Å²) in [6, 6.07) is 6.81. The molecule has 0 saturated heterocycles. The molecule has 0 aliphatic heterocycles. The minimum Gasteiger partial charge on any atom is -0.478 e. The fourth-order valence-corrected chi connectivity index (χ4v) is 1.76. The van der Waals surface area contributed by atoms with Crippen LogP contribution in [-0.2, 0) is 0 Å². The first-order chi connectivity index (χ1) is 8.95. The van der Waals surface area contributed by atoms with E-state index < -0.39 is 11.8 Å². The van der Waals surface area contributed by atoms with Crippen molar-refractivity contribution in [3.8, 4) is 0 Å². The summed E-state index contributed by atoms with van der Waals surface area (Å²) in [6.45, 7) is 1.66. The lowest BCUT2D eigenvalue weighted by atomic mass is 10.2. The van der Waals surface area contributed by atoms with Gasteiger partial charge in [-0.05, 0) is 37.3 Å². The van der Waals surface area contributed by atoms with Gasteiger partial charge in [0, 0.05) is 10.7 Å². The Morgan fingerprint density at radius 2 is 2.11 bits per heavy atom.